The third kappa shape index (κ3) is 3.45. The van der Waals surface area contributed by atoms with Crippen LogP contribution >= 0.6 is 0 Å². The molecule has 0 saturated carbocycles. The zero-order valence-electron chi connectivity index (χ0n) is 9.92. The number of morpholine rings is 1. The fourth-order valence-corrected chi connectivity index (χ4v) is 1.85. The van der Waals surface area contributed by atoms with Gasteiger partial charge in [-0.1, -0.05) is 6.92 Å². The molecule has 0 aromatic carbocycles. The summed E-state index contributed by atoms with van der Waals surface area (Å²) < 4.78 is 5.45. The minimum absolute atomic E-state index is 0.0444. The van der Waals surface area contributed by atoms with E-state index in [1.807, 2.05) is 6.92 Å². The lowest BCUT2D eigenvalue weighted by Crippen LogP contribution is -2.56. The van der Waals surface area contributed by atoms with Gasteiger partial charge in [0.05, 0.1) is 19.3 Å². The minimum atomic E-state index is -0.0765. The molecule has 86 valence electrons. The molecule has 0 aromatic heterocycles. The molecule has 1 aliphatic rings. The van der Waals surface area contributed by atoms with Gasteiger partial charge in [-0.3, -0.25) is 4.90 Å². The summed E-state index contributed by atoms with van der Waals surface area (Å²) >= 11 is 0. The molecule has 1 atom stereocenters. The van der Waals surface area contributed by atoms with Crippen LogP contribution < -0.4 is 5.32 Å². The van der Waals surface area contributed by atoms with Crippen LogP contribution in [0.15, 0.2) is 0 Å². The quantitative estimate of drug-likeness (QED) is 0.739. The molecule has 0 bridgehead atoms. The van der Waals surface area contributed by atoms with E-state index in [9.17, 15) is 0 Å². The largest absolute Gasteiger partial charge is 0.378 e. The predicted octanol–water partition coefficient (Wildman–Crippen LogP) is 0.599. The number of hydrogen-bond acceptors (Lipinski definition) is 4. The number of hydrogen-bond donors (Lipinski definition) is 1. The van der Waals surface area contributed by atoms with Gasteiger partial charge in [-0.2, -0.15) is 5.26 Å². The van der Waals surface area contributed by atoms with Crippen LogP contribution in [-0.4, -0.2) is 49.3 Å². The summed E-state index contributed by atoms with van der Waals surface area (Å²) in [6.07, 6.45) is 0. The van der Waals surface area contributed by atoms with Crippen LogP contribution in [-0.2, 0) is 4.74 Å². The monoisotopic (exact) mass is 211 g/mol. The maximum absolute atomic E-state index is 8.99. The van der Waals surface area contributed by atoms with E-state index in [-0.39, 0.29) is 11.6 Å². The van der Waals surface area contributed by atoms with Crippen molar-refractivity contribution in [3.05, 3.63) is 0 Å². The highest BCUT2D eigenvalue weighted by atomic mass is 16.5. The predicted molar refractivity (Wildman–Crippen MR) is 59.5 cm³/mol. The molecule has 1 heterocycles. The first-order chi connectivity index (χ1) is 7.10. The van der Waals surface area contributed by atoms with Crippen molar-refractivity contribution in [1.29, 1.82) is 5.26 Å². The maximum Gasteiger partial charge on any atom is 0.108 e. The van der Waals surface area contributed by atoms with Crippen molar-refractivity contribution in [2.24, 2.45) is 0 Å². The van der Waals surface area contributed by atoms with Crippen molar-refractivity contribution in [2.45, 2.75) is 32.4 Å². The van der Waals surface area contributed by atoms with Gasteiger partial charge in [0, 0.05) is 18.6 Å². The van der Waals surface area contributed by atoms with E-state index in [1.54, 1.807) is 0 Å². The summed E-state index contributed by atoms with van der Waals surface area (Å²) in [5.41, 5.74) is 0.0444. The van der Waals surface area contributed by atoms with Crippen molar-refractivity contribution in [3.8, 4) is 6.07 Å². The van der Waals surface area contributed by atoms with Crippen LogP contribution in [0.4, 0.5) is 0 Å². The average molecular weight is 211 g/mol. The van der Waals surface area contributed by atoms with E-state index in [0.29, 0.717) is 0 Å². The lowest BCUT2D eigenvalue weighted by atomic mass is 10.0. The Morgan fingerprint density at radius 3 is 2.87 bits per heavy atom. The second-order valence-corrected chi connectivity index (χ2v) is 4.55. The zero-order valence-corrected chi connectivity index (χ0v) is 9.92. The number of ether oxygens (including phenoxy) is 1. The lowest BCUT2D eigenvalue weighted by Gasteiger charge is -2.42. The van der Waals surface area contributed by atoms with Gasteiger partial charge in [0.2, 0.25) is 0 Å². The van der Waals surface area contributed by atoms with Gasteiger partial charge in [0.15, 0.2) is 0 Å². The third-order valence-electron chi connectivity index (χ3n) is 2.83. The Morgan fingerprint density at radius 2 is 2.33 bits per heavy atom. The van der Waals surface area contributed by atoms with E-state index < -0.39 is 0 Å². The second-order valence-electron chi connectivity index (χ2n) is 4.55. The minimum Gasteiger partial charge on any atom is -0.378 e. The Morgan fingerprint density at radius 1 is 1.60 bits per heavy atom. The molecule has 1 aliphatic heterocycles. The highest BCUT2D eigenvalue weighted by Crippen LogP contribution is 2.18. The number of nitrogens with zero attached hydrogens (tertiary/aromatic N) is 2. The maximum atomic E-state index is 8.99. The topological polar surface area (TPSA) is 48.3 Å². The molecule has 0 aliphatic carbocycles. The number of nitrogens with one attached hydrogen (secondary N) is 1. The number of rotatable bonds is 4. The Kier molecular flexibility index (Phi) is 4.52. The summed E-state index contributed by atoms with van der Waals surface area (Å²) in [5.74, 6) is 0. The Bertz CT molecular complexity index is 234. The Hall–Kier alpha value is -0.630. The summed E-state index contributed by atoms with van der Waals surface area (Å²) in [5, 5.41) is 12.2. The van der Waals surface area contributed by atoms with Gasteiger partial charge < -0.3 is 10.1 Å². The molecule has 1 N–H and O–H groups in total. The molecule has 1 rings (SSSR count). The van der Waals surface area contributed by atoms with E-state index in [2.05, 4.69) is 30.1 Å². The van der Waals surface area contributed by atoms with Gasteiger partial charge in [0.1, 0.15) is 6.04 Å². The van der Waals surface area contributed by atoms with E-state index in [0.717, 1.165) is 32.8 Å². The summed E-state index contributed by atoms with van der Waals surface area (Å²) in [4.78, 5) is 2.33. The first-order valence-corrected chi connectivity index (χ1v) is 5.56. The molecule has 4 heteroatoms. The SMILES string of the molecule is CCNC(C#N)CN1CCOCC1(C)C. The number of likely N-dealkylation sites (N-methyl/N-ethyl adjacent to an activating group) is 1. The molecule has 1 fully saturated rings. The molecular weight excluding hydrogens is 190 g/mol. The van der Waals surface area contributed by atoms with E-state index >= 15 is 0 Å². The Labute approximate surface area is 92.2 Å². The fourth-order valence-electron chi connectivity index (χ4n) is 1.85. The van der Waals surface area contributed by atoms with E-state index in [4.69, 9.17) is 10.00 Å². The molecule has 0 amide bonds. The summed E-state index contributed by atoms with van der Waals surface area (Å²) in [6.45, 7) is 10.4. The Balaban J connectivity index is 2.51. The van der Waals surface area contributed by atoms with Gasteiger partial charge in [0.25, 0.3) is 0 Å². The molecule has 0 spiro atoms. The van der Waals surface area contributed by atoms with Crippen LogP contribution in [0.25, 0.3) is 0 Å². The van der Waals surface area contributed by atoms with Gasteiger partial charge in [-0.05, 0) is 20.4 Å². The molecule has 0 radical (unpaired) electrons. The average Bonchev–Trinajstić information content (AvgIpc) is 2.20. The van der Waals surface area contributed by atoms with Gasteiger partial charge in [-0.15, -0.1) is 0 Å². The second kappa shape index (κ2) is 5.45. The van der Waals surface area contributed by atoms with Crippen molar-refractivity contribution in [1.82, 2.24) is 10.2 Å². The summed E-state index contributed by atoms with van der Waals surface area (Å²) in [6, 6.07) is 2.22. The van der Waals surface area contributed by atoms with Gasteiger partial charge in [-0.25, -0.2) is 0 Å². The normalized spacial score (nSPS) is 23.3. The van der Waals surface area contributed by atoms with Crippen LogP contribution in [0.5, 0.6) is 0 Å². The zero-order chi connectivity index (χ0) is 11.3. The lowest BCUT2D eigenvalue weighted by molar-refractivity contribution is -0.0523. The molecular formula is C11H21N3O. The molecule has 0 aromatic rings. The molecule has 1 saturated heterocycles. The smallest absolute Gasteiger partial charge is 0.108 e. The third-order valence-corrected chi connectivity index (χ3v) is 2.83. The molecule has 15 heavy (non-hydrogen) atoms. The number of nitriles is 1. The van der Waals surface area contributed by atoms with Gasteiger partial charge >= 0.3 is 0 Å². The fraction of sp³-hybridized carbons (Fsp3) is 0.909. The molecule has 1 unspecified atom stereocenters. The van der Waals surface area contributed by atoms with Crippen molar-refractivity contribution in [2.75, 3.05) is 32.8 Å². The first kappa shape index (κ1) is 12.4. The highest BCUT2D eigenvalue weighted by Gasteiger charge is 2.31. The van der Waals surface area contributed by atoms with Crippen LogP contribution in [0.1, 0.15) is 20.8 Å². The van der Waals surface area contributed by atoms with Crippen LogP contribution in [0, 0.1) is 11.3 Å². The van der Waals surface area contributed by atoms with Crippen molar-refractivity contribution >= 4 is 0 Å². The first-order valence-electron chi connectivity index (χ1n) is 5.56. The van der Waals surface area contributed by atoms with Crippen LogP contribution in [0.2, 0.25) is 0 Å². The molecule has 4 nitrogen and oxygen atoms in total. The van der Waals surface area contributed by atoms with Crippen molar-refractivity contribution in [3.63, 3.8) is 0 Å². The van der Waals surface area contributed by atoms with Crippen LogP contribution in [0.3, 0.4) is 0 Å². The van der Waals surface area contributed by atoms with E-state index in [1.165, 1.54) is 0 Å². The van der Waals surface area contributed by atoms with Crippen molar-refractivity contribution < 1.29 is 4.74 Å². The standard InChI is InChI=1S/C11H21N3O/c1-4-13-10(7-12)8-14-5-6-15-9-11(14,2)3/h10,13H,4-6,8-9H2,1-3H3. The summed E-state index contributed by atoms with van der Waals surface area (Å²) in [7, 11) is 0. The highest BCUT2D eigenvalue weighted by molar-refractivity contribution is 4.95.